The maximum absolute atomic E-state index is 12.3. The van der Waals surface area contributed by atoms with E-state index in [1.807, 2.05) is 6.07 Å². The number of nitriles is 1. The van der Waals surface area contributed by atoms with Crippen molar-refractivity contribution in [3.8, 4) is 6.07 Å². The lowest BCUT2D eigenvalue weighted by molar-refractivity contribution is -0.149. The number of esters is 1. The van der Waals surface area contributed by atoms with Crippen molar-refractivity contribution >= 4 is 40.8 Å². The third-order valence-corrected chi connectivity index (χ3v) is 4.67. The predicted octanol–water partition coefficient (Wildman–Crippen LogP) is 3.61. The number of carbonyl (C=O) groups excluding carboxylic acids is 2. The summed E-state index contributed by atoms with van der Waals surface area (Å²) in [4.78, 5) is 26.0. The van der Waals surface area contributed by atoms with Gasteiger partial charge in [-0.1, -0.05) is 23.2 Å². The van der Waals surface area contributed by atoms with Crippen LogP contribution in [0.5, 0.6) is 0 Å². The molecule has 1 N–H and O–H groups in total. The molecule has 1 saturated heterocycles. The second kappa shape index (κ2) is 9.46. The van der Waals surface area contributed by atoms with Crippen LogP contribution in [0.15, 0.2) is 30.0 Å². The van der Waals surface area contributed by atoms with E-state index in [1.54, 1.807) is 24.0 Å². The zero-order valence-electron chi connectivity index (χ0n) is 14.3. The Hall–Kier alpha value is -2.23. The first-order chi connectivity index (χ1) is 12.4. The van der Waals surface area contributed by atoms with Crippen molar-refractivity contribution in [3.05, 3.63) is 40.0 Å². The number of likely N-dealkylation sites (tertiary alicyclic amines) is 1. The van der Waals surface area contributed by atoms with Gasteiger partial charge in [0, 0.05) is 25.0 Å². The number of carbonyl (C=O) groups is 2. The van der Waals surface area contributed by atoms with E-state index >= 15 is 0 Å². The van der Waals surface area contributed by atoms with Crippen LogP contribution < -0.4 is 5.32 Å². The summed E-state index contributed by atoms with van der Waals surface area (Å²) in [5.41, 5.74) is 0.383. The van der Waals surface area contributed by atoms with Crippen LogP contribution in [-0.2, 0) is 14.3 Å². The summed E-state index contributed by atoms with van der Waals surface area (Å²) in [6, 6.07) is 6.56. The van der Waals surface area contributed by atoms with Gasteiger partial charge in [-0.05, 0) is 38.0 Å². The zero-order chi connectivity index (χ0) is 19.1. The van der Waals surface area contributed by atoms with E-state index in [-0.39, 0.29) is 17.5 Å². The second-order valence-corrected chi connectivity index (χ2v) is 6.64. The average molecular weight is 396 g/mol. The van der Waals surface area contributed by atoms with Crippen LogP contribution in [0.1, 0.15) is 19.8 Å². The van der Waals surface area contributed by atoms with Gasteiger partial charge in [0.1, 0.15) is 11.6 Å². The number of hydrogen-bond donors (Lipinski definition) is 1. The van der Waals surface area contributed by atoms with Gasteiger partial charge in [0.2, 0.25) is 0 Å². The number of nitrogens with one attached hydrogen (secondary N) is 1. The normalized spacial score (nSPS) is 17.4. The maximum atomic E-state index is 12.3. The number of rotatable bonds is 5. The van der Waals surface area contributed by atoms with Gasteiger partial charge < -0.3 is 15.0 Å². The van der Waals surface area contributed by atoms with Gasteiger partial charge in [-0.3, -0.25) is 9.59 Å². The molecular weight excluding hydrogens is 377 g/mol. The number of amides is 1. The average Bonchev–Trinajstić information content (AvgIpc) is 2.63. The molecule has 1 fully saturated rings. The smallest absolute Gasteiger partial charge is 0.310 e. The molecule has 1 atom stereocenters. The van der Waals surface area contributed by atoms with Gasteiger partial charge in [0.15, 0.2) is 0 Å². The Morgan fingerprint density at radius 1 is 1.42 bits per heavy atom. The Balaban J connectivity index is 2.06. The third-order valence-electron chi connectivity index (χ3n) is 3.93. The van der Waals surface area contributed by atoms with E-state index in [4.69, 9.17) is 27.9 Å². The molecule has 138 valence electrons. The summed E-state index contributed by atoms with van der Waals surface area (Å²) in [5.74, 6) is -1.05. The quantitative estimate of drug-likeness (QED) is 0.467. The van der Waals surface area contributed by atoms with Crippen molar-refractivity contribution in [2.45, 2.75) is 19.8 Å². The van der Waals surface area contributed by atoms with E-state index in [9.17, 15) is 14.9 Å². The highest BCUT2D eigenvalue weighted by Crippen LogP contribution is 2.25. The van der Waals surface area contributed by atoms with Crippen LogP contribution in [0.2, 0.25) is 10.0 Å². The van der Waals surface area contributed by atoms with Crippen LogP contribution in [-0.4, -0.2) is 36.5 Å². The minimum atomic E-state index is -0.552. The Bertz CT molecular complexity index is 759. The predicted molar refractivity (Wildman–Crippen MR) is 99.7 cm³/mol. The molecule has 0 aromatic heterocycles. The number of hydrogen-bond acceptors (Lipinski definition) is 5. The maximum Gasteiger partial charge on any atom is 0.310 e. The molecule has 2 rings (SSSR count). The molecule has 1 unspecified atom stereocenters. The van der Waals surface area contributed by atoms with Crippen molar-refractivity contribution in [2.75, 3.05) is 25.0 Å². The van der Waals surface area contributed by atoms with E-state index < -0.39 is 5.91 Å². The van der Waals surface area contributed by atoms with Crippen molar-refractivity contribution in [1.82, 2.24) is 4.90 Å². The highest BCUT2D eigenvalue weighted by molar-refractivity contribution is 6.42. The van der Waals surface area contributed by atoms with E-state index in [1.165, 1.54) is 12.3 Å². The molecular formula is C18H19Cl2N3O3. The van der Waals surface area contributed by atoms with E-state index in [0.29, 0.717) is 35.4 Å². The standard InChI is InChI=1S/C18H19Cl2N3O3/c1-2-26-18(25)12-4-3-7-23(10-12)11-13(9-21)17(24)22-14-5-6-15(19)16(20)8-14/h5-6,8,11-12H,2-4,7,10H2,1H3,(H,22,24)/b13-11-. The molecule has 0 saturated carbocycles. The van der Waals surface area contributed by atoms with Crippen LogP contribution >= 0.6 is 23.2 Å². The van der Waals surface area contributed by atoms with Crippen LogP contribution in [0.4, 0.5) is 5.69 Å². The molecule has 0 bridgehead atoms. The summed E-state index contributed by atoms with van der Waals surface area (Å²) in [5, 5.41) is 12.6. The topological polar surface area (TPSA) is 82.4 Å². The van der Waals surface area contributed by atoms with Crippen molar-refractivity contribution in [1.29, 1.82) is 5.26 Å². The van der Waals surface area contributed by atoms with E-state index in [2.05, 4.69) is 5.32 Å². The zero-order valence-corrected chi connectivity index (χ0v) is 15.8. The van der Waals surface area contributed by atoms with Gasteiger partial charge in [0.25, 0.3) is 5.91 Å². The lowest BCUT2D eigenvalue weighted by Crippen LogP contribution is -2.37. The molecule has 1 amide bonds. The molecule has 0 spiro atoms. The van der Waals surface area contributed by atoms with Gasteiger partial charge >= 0.3 is 5.97 Å². The van der Waals surface area contributed by atoms with Crippen molar-refractivity contribution in [3.63, 3.8) is 0 Å². The number of nitrogens with zero attached hydrogens (tertiary/aromatic N) is 2. The number of benzene rings is 1. The van der Waals surface area contributed by atoms with Gasteiger partial charge in [-0.15, -0.1) is 0 Å². The first kappa shape index (κ1) is 20.1. The number of piperidine rings is 1. The van der Waals surface area contributed by atoms with Crippen molar-refractivity contribution in [2.24, 2.45) is 5.92 Å². The Morgan fingerprint density at radius 3 is 2.85 bits per heavy atom. The first-order valence-corrected chi connectivity index (χ1v) is 8.99. The fraction of sp³-hybridized carbons (Fsp3) is 0.389. The van der Waals surface area contributed by atoms with Crippen LogP contribution in [0.25, 0.3) is 0 Å². The highest BCUT2D eigenvalue weighted by atomic mass is 35.5. The number of ether oxygens (including phenoxy) is 1. The van der Waals surface area contributed by atoms with Gasteiger partial charge in [0.05, 0.1) is 22.6 Å². The Kier molecular flexibility index (Phi) is 7.31. The monoisotopic (exact) mass is 395 g/mol. The van der Waals surface area contributed by atoms with Gasteiger partial charge in [-0.2, -0.15) is 5.26 Å². The molecule has 0 radical (unpaired) electrons. The molecule has 1 aliphatic rings. The number of halogens is 2. The summed E-state index contributed by atoms with van der Waals surface area (Å²) in [6.07, 6.45) is 3.01. The minimum Gasteiger partial charge on any atom is -0.466 e. The second-order valence-electron chi connectivity index (χ2n) is 5.82. The third kappa shape index (κ3) is 5.38. The molecule has 1 aromatic rings. The lowest BCUT2D eigenvalue weighted by atomic mass is 9.98. The highest BCUT2D eigenvalue weighted by Gasteiger charge is 2.26. The summed E-state index contributed by atoms with van der Waals surface area (Å²) < 4.78 is 5.05. The summed E-state index contributed by atoms with van der Waals surface area (Å²) in [7, 11) is 0. The fourth-order valence-corrected chi connectivity index (χ4v) is 2.97. The fourth-order valence-electron chi connectivity index (χ4n) is 2.67. The summed E-state index contributed by atoms with van der Waals surface area (Å²) >= 11 is 11.8. The van der Waals surface area contributed by atoms with Gasteiger partial charge in [-0.25, -0.2) is 0 Å². The molecule has 1 aliphatic heterocycles. The largest absolute Gasteiger partial charge is 0.466 e. The SMILES string of the molecule is CCOC(=O)C1CCCN(/C=C(/C#N)C(=O)Nc2ccc(Cl)c(Cl)c2)C1. The molecule has 1 heterocycles. The van der Waals surface area contributed by atoms with E-state index in [0.717, 1.165) is 12.8 Å². The number of anilines is 1. The lowest BCUT2D eigenvalue weighted by Gasteiger charge is -2.30. The molecule has 8 heteroatoms. The minimum absolute atomic E-state index is 0.0550. The molecule has 0 aliphatic carbocycles. The van der Waals surface area contributed by atoms with Crippen LogP contribution in [0.3, 0.4) is 0 Å². The Labute approximate surface area is 162 Å². The van der Waals surface area contributed by atoms with Crippen LogP contribution in [0, 0.1) is 17.2 Å². The first-order valence-electron chi connectivity index (χ1n) is 8.23. The molecule has 6 nitrogen and oxygen atoms in total. The molecule has 1 aromatic carbocycles. The summed E-state index contributed by atoms with van der Waals surface area (Å²) in [6.45, 7) is 3.19. The molecule has 26 heavy (non-hydrogen) atoms. The van der Waals surface area contributed by atoms with Crippen molar-refractivity contribution < 1.29 is 14.3 Å². The Morgan fingerprint density at radius 2 is 2.19 bits per heavy atom.